The molecule has 2 aromatic rings. The summed E-state index contributed by atoms with van der Waals surface area (Å²) in [5, 5.41) is 0. The van der Waals surface area contributed by atoms with Crippen LogP contribution in [0.2, 0.25) is 0 Å². The van der Waals surface area contributed by atoms with Crippen molar-refractivity contribution < 1.29 is 9.53 Å². The number of allylic oxidation sites excluding steroid dienone is 1. The van der Waals surface area contributed by atoms with Gasteiger partial charge in [-0.3, -0.25) is 0 Å². The van der Waals surface area contributed by atoms with Gasteiger partial charge in [0.1, 0.15) is 5.75 Å². The molecule has 0 aliphatic heterocycles. The Morgan fingerprint density at radius 3 is 2.36 bits per heavy atom. The van der Waals surface area contributed by atoms with E-state index in [1.54, 1.807) is 6.08 Å². The average Bonchev–Trinajstić information content (AvgIpc) is 2.65. The molecule has 25 heavy (non-hydrogen) atoms. The van der Waals surface area contributed by atoms with Gasteiger partial charge in [0, 0.05) is 11.6 Å². The number of benzene rings is 2. The van der Waals surface area contributed by atoms with E-state index in [1.165, 1.54) is 32.1 Å². The van der Waals surface area contributed by atoms with Crippen LogP contribution in [0.1, 0.15) is 51.9 Å². The summed E-state index contributed by atoms with van der Waals surface area (Å²) in [5.41, 5.74) is 1.97. The van der Waals surface area contributed by atoms with E-state index in [0.717, 1.165) is 24.0 Å². The van der Waals surface area contributed by atoms with Gasteiger partial charge in [0.2, 0.25) is 0 Å². The van der Waals surface area contributed by atoms with E-state index in [9.17, 15) is 4.79 Å². The van der Waals surface area contributed by atoms with Gasteiger partial charge < -0.3 is 4.74 Å². The lowest BCUT2D eigenvalue weighted by Gasteiger charge is -2.08. The number of hydrogen-bond donors (Lipinski definition) is 0. The lowest BCUT2D eigenvalue weighted by atomic mass is 10.1. The Hall–Kier alpha value is -2.35. The summed E-state index contributed by atoms with van der Waals surface area (Å²) < 4.78 is 5.53. The molecule has 0 fully saturated rings. The van der Waals surface area contributed by atoms with E-state index < -0.39 is 0 Å². The van der Waals surface area contributed by atoms with Crippen LogP contribution in [0.15, 0.2) is 66.7 Å². The normalized spacial score (nSPS) is 10.9. The van der Waals surface area contributed by atoms with Crippen molar-refractivity contribution in [3.63, 3.8) is 0 Å². The van der Waals surface area contributed by atoms with E-state index in [1.807, 2.05) is 60.7 Å². The van der Waals surface area contributed by atoms with Gasteiger partial charge in [-0.25, -0.2) is 4.79 Å². The van der Waals surface area contributed by atoms with Crippen molar-refractivity contribution in [1.82, 2.24) is 0 Å². The molecule has 0 aliphatic rings. The molecule has 0 unspecified atom stereocenters. The number of rotatable bonds is 10. The van der Waals surface area contributed by atoms with Crippen LogP contribution in [0.5, 0.6) is 5.75 Å². The molecule has 0 amide bonds. The molecule has 0 saturated heterocycles. The molecule has 132 valence electrons. The van der Waals surface area contributed by atoms with Gasteiger partial charge in [-0.1, -0.05) is 93.6 Å². The fourth-order valence-electron chi connectivity index (χ4n) is 2.78. The molecule has 0 aromatic heterocycles. The van der Waals surface area contributed by atoms with Crippen LogP contribution in [-0.4, -0.2) is 5.97 Å². The topological polar surface area (TPSA) is 26.3 Å². The number of carbonyl (C=O) groups is 1. The largest absolute Gasteiger partial charge is 0.423 e. The van der Waals surface area contributed by atoms with Crippen molar-refractivity contribution in [3.8, 4) is 16.9 Å². The molecule has 0 radical (unpaired) electrons. The number of ether oxygens (including phenoxy) is 1. The highest BCUT2D eigenvalue weighted by atomic mass is 16.5. The summed E-state index contributed by atoms with van der Waals surface area (Å²) in [6, 6.07) is 17.6. The minimum atomic E-state index is -0.311. The van der Waals surface area contributed by atoms with Crippen LogP contribution < -0.4 is 4.74 Å². The standard InChI is InChI=1S/C23H28O2/c1-2-3-4-5-6-7-8-12-19-23(24)25-22-18-14-13-17-21(22)20-15-10-9-11-16-20/h9-19H,2-8H2,1H3. The predicted molar refractivity (Wildman–Crippen MR) is 105 cm³/mol. The molecule has 2 heteroatoms. The second kappa shape index (κ2) is 11.2. The highest BCUT2D eigenvalue weighted by molar-refractivity contribution is 5.86. The molecule has 0 N–H and O–H groups in total. The summed E-state index contributed by atoms with van der Waals surface area (Å²) in [5.74, 6) is 0.289. The maximum Gasteiger partial charge on any atom is 0.335 e. The monoisotopic (exact) mass is 336 g/mol. The summed E-state index contributed by atoms with van der Waals surface area (Å²) in [6.45, 7) is 2.23. The molecule has 2 nitrogen and oxygen atoms in total. The van der Waals surface area contributed by atoms with Gasteiger partial charge in [0.05, 0.1) is 0 Å². The second-order valence-corrected chi connectivity index (χ2v) is 6.24. The Labute approximate surface area is 151 Å². The second-order valence-electron chi connectivity index (χ2n) is 6.24. The Bertz CT molecular complexity index is 659. The van der Waals surface area contributed by atoms with E-state index >= 15 is 0 Å². The number of para-hydroxylation sites is 1. The predicted octanol–water partition coefficient (Wildman–Crippen LogP) is 6.57. The fraction of sp³-hybridized carbons (Fsp3) is 0.348. The highest BCUT2D eigenvalue weighted by Gasteiger charge is 2.08. The maximum atomic E-state index is 12.1. The van der Waals surface area contributed by atoms with Crippen LogP contribution in [0.3, 0.4) is 0 Å². The molecule has 2 rings (SSSR count). The third-order valence-corrected chi connectivity index (χ3v) is 4.16. The zero-order valence-corrected chi connectivity index (χ0v) is 15.1. The Balaban J connectivity index is 1.82. The van der Waals surface area contributed by atoms with Crippen molar-refractivity contribution >= 4 is 5.97 Å². The molecule has 2 aromatic carbocycles. The summed E-state index contributed by atoms with van der Waals surface area (Å²) >= 11 is 0. The first-order chi connectivity index (χ1) is 12.3. The van der Waals surface area contributed by atoms with Crippen molar-refractivity contribution in [2.45, 2.75) is 51.9 Å². The zero-order chi connectivity index (χ0) is 17.7. The first kappa shape index (κ1) is 19.0. The summed E-state index contributed by atoms with van der Waals surface area (Å²) in [7, 11) is 0. The molecular weight excluding hydrogens is 308 g/mol. The lowest BCUT2D eigenvalue weighted by Crippen LogP contribution is -2.04. The van der Waals surface area contributed by atoms with Crippen molar-refractivity contribution in [3.05, 3.63) is 66.7 Å². The van der Waals surface area contributed by atoms with Crippen molar-refractivity contribution in [2.24, 2.45) is 0 Å². The number of unbranched alkanes of at least 4 members (excludes halogenated alkanes) is 6. The van der Waals surface area contributed by atoms with Gasteiger partial charge in [-0.2, -0.15) is 0 Å². The number of hydrogen-bond acceptors (Lipinski definition) is 2. The van der Waals surface area contributed by atoms with Gasteiger partial charge in [0.25, 0.3) is 0 Å². The zero-order valence-electron chi connectivity index (χ0n) is 15.1. The molecule has 0 spiro atoms. The molecule has 0 heterocycles. The average molecular weight is 336 g/mol. The first-order valence-electron chi connectivity index (χ1n) is 9.34. The summed E-state index contributed by atoms with van der Waals surface area (Å²) in [4.78, 5) is 12.1. The van der Waals surface area contributed by atoms with Gasteiger partial charge in [-0.05, 0) is 24.5 Å². The Morgan fingerprint density at radius 1 is 0.880 bits per heavy atom. The third kappa shape index (κ3) is 6.96. The van der Waals surface area contributed by atoms with Crippen LogP contribution in [0, 0.1) is 0 Å². The van der Waals surface area contributed by atoms with Gasteiger partial charge in [-0.15, -0.1) is 0 Å². The Kier molecular flexibility index (Phi) is 8.54. The molecule has 0 aliphatic carbocycles. The minimum absolute atomic E-state index is 0.311. The van der Waals surface area contributed by atoms with Crippen LogP contribution in [0.25, 0.3) is 11.1 Å². The lowest BCUT2D eigenvalue weighted by molar-refractivity contribution is -0.128. The SMILES string of the molecule is CCCCCCCCC=CC(=O)Oc1ccccc1-c1ccccc1. The van der Waals surface area contributed by atoms with Crippen LogP contribution in [0.4, 0.5) is 0 Å². The van der Waals surface area contributed by atoms with Crippen LogP contribution in [-0.2, 0) is 4.79 Å². The van der Waals surface area contributed by atoms with Crippen LogP contribution >= 0.6 is 0 Å². The molecule has 0 saturated carbocycles. The quantitative estimate of drug-likeness (QED) is 0.212. The minimum Gasteiger partial charge on any atom is -0.423 e. The Morgan fingerprint density at radius 2 is 1.56 bits per heavy atom. The smallest absolute Gasteiger partial charge is 0.335 e. The fourth-order valence-corrected chi connectivity index (χ4v) is 2.78. The first-order valence-corrected chi connectivity index (χ1v) is 9.34. The summed E-state index contributed by atoms with van der Waals surface area (Å²) in [6.07, 6.45) is 12.0. The van der Waals surface area contributed by atoms with Gasteiger partial charge >= 0.3 is 5.97 Å². The number of esters is 1. The molecular formula is C23H28O2. The molecule has 0 bridgehead atoms. The molecule has 0 atom stereocenters. The van der Waals surface area contributed by atoms with Gasteiger partial charge in [0.15, 0.2) is 0 Å². The maximum absolute atomic E-state index is 12.1. The highest BCUT2D eigenvalue weighted by Crippen LogP contribution is 2.29. The van der Waals surface area contributed by atoms with E-state index in [4.69, 9.17) is 4.74 Å². The van der Waals surface area contributed by atoms with E-state index in [2.05, 4.69) is 6.92 Å². The number of carbonyl (C=O) groups excluding carboxylic acids is 1. The third-order valence-electron chi connectivity index (χ3n) is 4.16. The van der Waals surface area contributed by atoms with Crippen molar-refractivity contribution in [1.29, 1.82) is 0 Å². The van der Waals surface area contributed by atoms with E-state index in [0.29, 0.717) is 5.75 Å². The van der Waals surface area contributed by atoms with Crippen molar-refractivity contribution in [2.75, 3.05) is 0 Å². The van der Waals surface area contributed by atoms with E-state index in [-0.39, 0.29) is 5.97 Å².